The van der Waals surface area contributed by atoms with E-state index in [1.54, 1.807) is 0 Å². The fourth-order valence-electron chi connectivity index (χ4n) is 1.54. The van der Waals surface area contributed by atoms with Crippen molar-refractivity contribution in [1.82, 2.24) is 5.32 Å². The first kappa shape index (κ1) is 14.9. The normalized spacial score (nSPS) is 10.4. The zero-order chi connectivity index (χ0) is 13.4. The van der Waals surface area contributed by atoms with E-state index in [9.17, 15) is 13.6 Å². The summed E-state index contributed by atoms with van der Waals surface area (Å²) in [6, 6.07) is 3.83. The van der Waals surface area contributed by atoms with E-state index in [1.165, 1.54) is 12.1 Å². The minimum atomic E-state index is -0.949. The van der Waals surface area contributed by atoms with Crippen LogP contribution in [0, 0.1) is 11.6 Å². The van der Waals surface area contributed by atoms with Crippen molar-refractivity contribution in [3.8, 4) is 0 Å². The van der Waals surface area contributed by atoms with Crippen molar-refractivity contribution in [2.75, 3.05) is 12.4 Å². The lowest BCUT2D eigenvalue weighted by molar-refractivity contribution is -0.120. The molecule has 0 unspecified atom stereocenters. The summed E-state index contributed by atoms with van der Waals surface area (Å²) in [5.41, 5.74) is 0.0771. The monoisotopic (exact) mass is 275 g/mol. The van der Waals surface area contributed by atoms with Crippen LogP contribution in [0.5, 0.6) is 0 Å². The van der Waals surface area contributed by atoms with Crippen LogP contribution in [0.3, 0.4) is 0 Å². The highest BCUT2D eigenvalue weighted by molar-refractivity contribution is 6.17. The third kappa shape index (κ3) is 5.00. The van der Waals surface area contributed by atoms with Crippen LogP contribution in [-0.2, 0) is 11.2 Å². The van der Waals surface area contributed by atoms with E-state index >= 15 is 0 Å². The number of carbonyl (C=O) groups is 1. The van der Waals surface area contributed by atoms with E-state index in [4.69, 9.17) is 11.6 Å². The molecule has 1 N–H and O–H groups in total. The zero-order valence-corrected chi connectivity index (χ0v) is 10.8. The number of nitrogens with one attached hydrogen (secondary N) is 1. The van der Waals surface area contributed by atoms with E-state index in [0.717, 1.165) is 25.3 Å². The number of hydrogen-bond donors (Lipinski definition) is 1. The summed E-state index contributed by atoms with van der Waals surface area (Å²) in [6.45, 7) is 0.534. The molecule has 1 rings (SSSR count). The third-order valence-electron chi connectivity index (χ3n) is 2.52. The van der Waals surface area contributed by atoms with Crippen LogP contribution in [0.4, 0.5) is 8.78 Å². The summed E-state index contributed by atoms with van der Waals surface area (Å²) < 4.78 is 26.2. The highest BCUT2D eigenvalue weighted by atomic mass is 35.5. The first-order chi connectivity index (χ1) is 8.65. The quantitative estimate of drug-likeness (QED) is 0.601. The predicted octanol–water partition coefficient (Wildman–Crippen LogP) is 3.03. The van der Waals surface area contributed by atoms with Gasteiger partial charge in [-0.3, -0.25) is 4.79 Å². The van der Waals surface area contributed by atoms with Crippen LogP contribution in [0.1, 0.15) is 24.8 Å². The van der Waals surface area contributed by atoms with Crippen molar-refractivity contribution in [2.45, 2.75) is 25.7 Å². The van der Waals surface area contributed by atoms with Crippen molar-refractivity contribution < 1.29 is 13.6 Å². The molecule has 2 nitrogen and oxygen atoms in total. The molecule has 0 saturated heterocycles. The lowest BCUT2D eigenvalue weighted by Crippen LogP contribution is -2.26. The number of unbranched alkanes of at least 4 members (excludes halogenated alkanes) is 2. The number of rotatable bonds is 7. The van der Waals surface area contributed by atoms with E-state index in [-0.39, 0.29) is 17.9 Å². The number of carbonyl (C=O) groups excluding carboxylic acids is 1. The summed E-state index contributed by atoms with van der Waals surface area (Å²) in [5, 5.41) is 2.67. The minimum absolute atomic E-state index is 0.0771. The van der Waals surface area contributed by atoms with E-state index in [0.29, 0.717) is 12.4 Å². The van der Waals surface area contributed by atoms with Gasteiger partial charge in [0.15, 0.2) is 11.6 Å². The Morgan fingerprint density at radius 2 is 2.00 bits per heavy atom. The maximum absolute atomic E-state index is 13.3. The molecule has 0 aliphatic carbocycles. The number of halogens is 3. The average Bonchev–Trinajstić information content (AvgIpc) is 2.35. The molecule has 1 amide bonds. The number of benzene rings is 1. The van der Waals surface area contributed by atoms with Crippen LogP contribution in [0.2, 0.25) is 0 Å². The van der Waals surface area contributed by atoms with Gasteiger partial charge in [0.25, 0.3) is 0 Å². The van der Waals surface area contributed by atoms with Crippen molar-refractivity contribution in [3.05, 3.63) is 35.4 Å². The maximum Gasteiger partial charge on any atom is 0.224 e. The minimum Gasteiger partial charge on any atom is -0.356 e. The maximum atomic E-state index is 13.3. The molecule has 0 aliphatic rings. The first-order valence-corrected chi connectivity index (χ1v) is 6.44. The lowest BCUT2D eigenvalue weighted by atomic mass is 10.1. The van der Waals surface area contributed by atoms with Crippen molar-refractivity contribution in [1.29, 1.82) is 0 Å². The number of amides is 1. The molecule has 5 heteroatoms. The van der Waals surface area contributed by atoms with Gasteiger partial charge in [-0.25, -0.2) is 8.78 Å². The molecule has 0 fully saturated rings. The standard InChI is InChI=1S/C13H16ClF2NO/c14-7-2-1-3-8-17-12(18)9-10-5-4-6-11(15)13(10)16/h4-6H,1-3,7-9H2,(H,17,18). The molecule has 1 aromatic carbocycles. The average molecular weight is 276 g/mol. The van der Waals surface area contributed by atoms with Crippen LogP contribution in [0.25, 0.3) is 0 Å². The van der Waals surface area contributed by atoms with Gasteiger partial charge in [0.05, 0.1) is 6.42 Å². The summed E-state index contributed by atoms with van der Waals surface area (Å²) >= 11 is 5.52. The SMILES string of the molecule is O=C(Cc1cccc(F)c1F)NCCCCCCl. The summed E-state index contributed by atoms with van der Waals surface area (Å²) in [6.07, 6.45) is 2.55. The van der Waals surface area contributed by atoms with Crippen LogP contribution in [0.15, 0.2) is 18.2 Å². The van der Waals surface area contributed by atoms with Gasteiger partial charge in [0.2, 0.25) is 5.91 Å². The van der Waals surface area contributed by atoms with Gasteiger partial charge in [-0.05, 0) is 18.9 Å². The number of hydrogen-bond acceptors (Lipinski definition) is 1. The summed E-state index contributed by atoms with van der Waals surface area (Å²) in [7, 11) is 0. The molecule has 100 valence electrons. The Kier molecular flexibility index (Phi) is 6.65. The second-order valence-corrected chi connectivity index (χ2v) is 4.37. The van der Waals surface area contributed by atoms with Crippen molar-refractivity contribution >= 4 is 17.5 Å². The molecule has 18 heavy (non-hydrogen) atoms. The second kappa shape index (κ2) is 8.03. The molecule has 0 bridgehead atoms. The van der Waals surface area contributed by atoms with Gasteiger partial charge in [-0.1, -0.05) is 18.6 Å². The van der Waals surface area contributed by atoms with E-state index < -0.39 is 11.6 Å². The van der Waals surface area contributed by atoms with Crippen molar-refractivity contribution in [3.63, 3.8) is 0 Å². The molecule has 0 aromatic heterocycles. The fourth-order valence-corrected chi connectivity index (χ4v) is 1.73. The molecular weight excluding hydrogens is 260 g/mol. The van der Waals surface area contributed by atoms with Gasteiger partial charge in [0, 0.05) is 18.0 Å². The molecule has 1 aromatic rings. The Morgan fingerprint density at radius 1 is 1.22 bits per heavy atom. The Morgan fingerprint density at radius 3 is 2.72 bits per heavy atom. The van der Waals surface area contributed by atoms with Crippen LogP contribution >= 0.6 is 11.6 Å². The van der Waals surface area contributed by atoms with Gasteiger partial charge < -0.3 is 5.32 Å². The molecule has 0 heterocycles. The predicted molar refractivity (Wildman–Crippen MR) is 67.6 cm³/mol. The third-order valence-corrected chi connectivity index (χ3v) is 2.78. The van der Waals surface area contributed by atoms with Gasteiger partial charge >= 0.3 is 0 Å². The smallest absolute Gasteiger partial charge is 0.224 e. The van der Waals surface area contributed by atoms with Crippen molar-refractivity contribution in [2.24, 2.45) is 0 Å². The highest BCUT2D eigenvalue weighted by Crippen LogP contribution is 2.11. The second-order valence-electron chi connectivity index (χ2n) is 3.99. The summed E-state index contributed by atoms with van der Waals surface area (Å²) in [4.78, 5) is 11.5. The lowest BCUT2D eigenvalue weighted by Gasteiger charge is -2.06. The Labute approximate surface area is 110 Å². The van der Waals surface area contributed by atoms with E-state index in [2.05, 4.69) is 5.32 Å². The number of alkyl halides is 1. The largest absolute Gasteiger partial charge is 0.356 e. The zero-order valence-electron chi connectivity index (χ0n) is 10.0. The Balaban J connectivity index is 2.34. The topological polar surface area (TPSA) is 29.1 Å². The fraction of sp³-hybridized carbons (Fsp3) is 0.462. The van der Waals surface area contributed by atoms with Gasteiger partial charge in [-0.2, -0.15) is 0 Å². The van der Waals surface area contributed by atoms with Gasteiger partial charge in [0.1, 0.15) is 0 Å². The molecule has 0 saturated carbocycles. The first-order valence-electron chi connectivity index (χ1n) is 5.90. The molecule has 0 aliphatic heterocycles. The van der Waals surface area contributed by atoms with Gasteiger partial charge in [-0.15, -0.1) is 11.6 Å². The molecule has 0 atom stereocenters. The molecular formula is C13H16ClF2NO. The Hall–Kier alpha value is -1.16. The van der Waals surface area contributed by atoms with Crippen LogP contribution < -0.4 is 5.32 Å². The summed E-state index contributed by atoms with van der Waals surface area (Å²) in [5.74, 6) is -1.56. The highest BCUT2D eigenvalue weighted by Gasteiger charge is 2.10. The van der Waals surface area contributed by atoms with E-state index in [1.807, 2.05) is 0 Å². The molecule has 0 radical (unpaired) electrons. The van der Waals surface area contributed by atoms with Crippen LogP contribution in [-0.4, -0.2) is 18.3 Å². The Bertz CT molecular complexity index is 399. The molecule has 0 spiro atoms.